The van der Waals surface area contributed by atoms with Crippen LogP contribution in [-0.4, -0.2) is 32.0 Å². The van der Waals surface area contributed by atoms with Crippen molar-refractivity contribution in [3.05, 3.63) is 98.5 Å². The van der Waals surface area contributed by atoms with Gasteiger partial charge in [0.2, 0.25) is 0 Å². The predicted molar refractivity (Wildman–Crippen MR) is 126 cm³/mol. The van der Waals surface area contributed by atoms with Crippen LogP contribution in [-0.2, 0) is 14.8 Å². The van der Waals surface area contributed by atoms with Crippen LogP contribution in [0.15, 0.2) is 82.8 Å². The second-order valence-corrected chi connectivity index (χ2v) is 9.21. The van der Waals surface area contributed by atoms with Crippen LogP contribution in [0.5, 0.6) is 0 Å². The fraction of sp³-hybridized carbons (Fsp3) is 0.0476. The number of nitrogens with zero attached hydrogens (tertiary/aromatic N) is 3. The van der Waals surface area contributed by atoms with Crippen LogP contribution in [0, 0.1) is 10.1 Å². The number of halogens is 2. The van der Waals surface area contributed by atoms with E-state index in [-0.39, 0.29) is 31.9 Å². The number of hydrogen-bond donors (Lipinski definition) is 1. The number of nitro groups is 1. The average Bonchev–Trinajstić information content (AvgIpc) is 2.80. The van der Waals surface area contributed by atoms with Gasteiger partial charge in [0.25, 0.3) is 21.6 Å². The quantitative estimate of drug-likeness (QED) is 0.278. The number of nitrogens with one attached hydrogen (secondary N) is 1. The van der Waals surface area contributed by atoms with Gasteiger partial charge >= 0.3 is 0 Å². The smallest absolute Gasteiger partial charge is 0.271 e. The molecule has 0 aromatic heterocycles. The van der Waals surface area contributed by atoms with Gasteiger partial charge in [0.15, 0.2) is 0 Å². The number of hydrazone groups is 1. The first-order valence-corrected chi connectivity index (χ1v) is 11.5. The molecule has 1 N–H and O–H groups in total. The maximum atomic E-state index is 13.2. The van der Waals surface area contributed by atoms with E-state index in [1.165, 1.54) is 48.5 Å². The summed E-state index contributed by atoms with van der Waals surface area (Å²) in [6.45, 7) is -0.636. The molecule has 0 atom stereocenters. The van der Waals surface area contributed by atoms with Gasteiger partial charge in [-0.05, 0) is 36.4 Å². The molecule has 170 valence electrons. The van der Waals surface area contributed by atoms with Crippen LogP contribution in [0.1, 0.15) is 5.56 Å². The van der Waals surface area contributed by atoms with E-state index >= 15 is 0 Å². The number of para-hydroxylation sites is 1. The molecule has 3 rings (SSSR count). The van der Waals surface area contributed by atoms with Crippen LogP contribution in [0.3, 0.4) is 0 Å². The summed E-state index contributed by atoms with van der Waals surface area (Å²) in [4.78, 5) is 23.0. The Balaban J connectivity index is 1.87. The highest BCUT2D eigenvalue weighted by Crippen LogP contribution is 2.30. The Morgan fingerprint density at radius 2 is 1.70 bits per heavy atom. The SMILES string of the molecule is O=C(CN(c1ccc(Cl)c(Cl)c1)S(=O)(=O)c1ccccc1)N/N=C\c1ccccc1[N+](=O)[O-]. The number of amides is 1. The Morgan fingerprint density at radius 1 is 1.03 bits per heavy atom. The van der Waals surface area contributed by atoms with Gasteiger partial charge in [-0.15, -0.1) is 0 Å². The molecule has 0 heterocycles. The van der Waals surface area contributed by atoms with Crippen molar-refractivity contribution in [2.24, 2.45) is 5.10 Å². The van der Waals surface area contributed by atoms with Crippen LogP contribution in [0.4, 0.5) is 11.4 Å². The van der Waals surface area contributed by atoms with E-state index in [2.05, 4.69) is 10.5 Å². The first-order valence-electron chi connectivity index (χ1n) is 9.28. The van der Waals surface area contributed by atoms with E-state index in [4.69, 9.17) is 23.2 Å². The zero-order chi connectivity index (χ0) is 24.0. The molecule has 3 aromatic carbocycles. The number of anilines is 1. The summed E-state index contributed by atoms with van der Waals surface area (Å²) >= 11 is 12.0. The fourth-order valence-corrected chi connectivity index (χ4v) is 4.50. The normalized spacial score (nSPS) is 11.3. The Morgan fingerprint density at radius 3 is 2.36 bits per heavy atom. The molecule has 0 spiro atoms. The standard InChI is InChI=1S/C21H16Cl2N4O5S/c22-18-11-10-16(12-19(18)23)26(33(31,32)17-7-2-1-3-8-17)14-21(28)25-24-13-15-6-4-5-9-20(15)27(29)30/h1-13H,14H2,(H,25,28)/b24-13-. The van der Waals surface area contributed by atoms with Crippen molar-refractivity contribution in [1.82, 2.24) is 5.43 Å². The Kier molecular flexibility index (Phi) is 7.64. The maximum absolute atomic E-state index is 13.2. The van der Waals surface area contributed by atoms with Crippen molar-refractivity contribution in [2.45, 2.75) is 4.90 Å². The number of sulfonamides is 1. The number of carbonyl (C=O) groups is 1. The lowest BCUT2D eigenvalue weighted by Gasteiger charge is -2.24. The minimum Gasteiger partial charge on any atom is -0.271 e. The van der Waals surface area contributed by atoms with Gasteiger partial charge in [-0.25, -0.2) is 13.8 Å². The molecule has 0 aliphatic carbocycles. The Labute approximate surface area is 199 Å². The average molecular weight is 507 g/mol. The van der Waals surface area contributed by atoms with Crippen LogP contribution in [0.25, 0.3) is 0 Å². The second-order valence-electron chi connectivity index (χ2n) is 6.53. The molecule has 0 fully saturated rings. The van der Waals surface area contributed by atoms with Crippen molar-refractivity contribution in [3.8, 4) is 0 Å². The van der Waals surface area contributed by atoms with E-state index in [0.717, 1.165) is 10.5 Å². The molecule has 3 aromatic rings. The minimum atomic E-state index is -4.14. The molecule has 1 amide bonds. The third-order valence-corrected chi connectivity index (χ3v) is 6.86. The summed E-state index contributed by atoms with van der Waals surface area (Å²) in [5.74, 6) is -0.782. The lowest BCUT2D eigenvalue weighted by Crippen LogP contribution is -2.39. The lowest BCUT2D eigenvalue weighted by atomic mass is 10.2. The molecule has 0 aliphatic heterocycles. The highest BCUT2D eigenvalue weighted by atomic mass is 35.5. The number of hydrogen-bond acceptors (Lipinski definition) is 6. The van der Waals surface area contributed by atoms with Crippen molar-refractivity contribution in [1.29, 1.82) is 0 Å². The van der Waals surface area contributed by atoms with Crippen molar-refractivity contribution < 1.29 is 18.1 Å². The Bertz CT molecular complexity index is 1320. The molecular weight excluding hydrogens is 491 g/mol. The maximum Gasteiger partial charge on any atom is 0.278 e. The topological polar surface area (TPSA) is 122 Å². The van der Waals surface area contributed by atoms with E-state index < -0.39 is 27.4 Å². The minimum absolute atomic E-state index is 0.0349. The van der Waals surface area contributed by atoms with Gasteiger partial charge in [-0.1, -0.05) is 53.5 Å². The monoisotopic (exact) mass is 506 g/mol. The van der Waals surface area contributed by atoms with Gasteiger partial charge in [0, 0.05) is 6.07 Å². The van der Waals surface area contributed by atoms with E-state index in [1.807, 2.05) is 0 Å². The molecule has 0 bridgehead atoms. The molecule has 12 heteroatoms. The van der Waals surface area contributed by atoms with Crippen LogP contribution >= 0.6 is 23.2 Å². The first kappa shape index (κ1) is 24.2. The van der Waals surface area contributed by atoms with Gasteiger partial charge in [-0.2, -0.15) is 5.10 Å². The number of rotatable bonds is 8. The molecular formula is C21H16Cl2N4O5S. The molecule has 33 heavy (non-hydrogen) atoms. The van der Waals surface area contributed by atoms with Gasteiger partial charge < -0.3 is 0 Å². The van der Waals surface area contributed by atoms with Gasteiger partial charge in [-0.3, -0.25) is 19.2 Å². The van der Waals surface area contributed by atoms with E-state index in [1.54, 1.807) is 24.3 Å². The van der Waals surface area contributed by atoms with E-state index in [0.29, 0.717) is 0 Å². The molecule has 0 aliphatic rings. The summed E-state index contributed by atoms with van der Waals surface area (Å²) in [5.41, 5.74) is 2.28. The van der Waals surface area contributed by atoms with Crippen LogP contribution < -0.4 is 9.73 Å². The third-order valence-electron chi connectivity index (χ3n) is 4.34. The number of nitro benzene ring substituents is 1. The summed E-state index contributed by atoms with van der Waals surface area (Å²) in [5, 5.41) is 15.1. The number of benzene rings is 3. The first-order chi connectivity index (χ1) is 15.7. The second kappa shape index (κ2) is 10.4. The highest BCUT2D eigenvalue weighted by molar-refractivity contribution is 7.92. The molecule has 0 radical (unpaired) electrons. The van der Waals surface area contributed by atoms with E-state index in [9.17, 15) is 23.3 Å². The lowest BCUT2D eigenvalue weighted by molar-refractivity contribution is -0.385. The summed E-state index contributed by atoms with van der Waals surface area (Å²) in [7, 11) is -4.14. The molecule has 0 unspecified atom stereocenters. The van der Waals surface area contributed by atoms with Crippen LogP contribution in [0.2, 0.25) is 10.0 Å². The summed E-state index contributed by atoms with van der Waals surface area (Å²) < 4.78 is 27.3. The molecule has 0 saturated carbocycles. The highest BCUT2D eigenvalue weighted by Gasteiger charge is 2.27. The van der Waals surface area contributed by atoms with Crippen molar-refractivity contribution in [2.75, 3.05) is 10.8 Å². The summed E-state index contributed by atoms with van der Waals surface area (Å²) in [6, 6.07) is 17.5. The number of carbonyl (C=O) groups excluding carboxylic acids is 1. The van der Waals surface area contributed by atoms with Gasteiger partial charge in [0.05, 0.1) is 37.3 Å². The van der Waals surface area contributed by atoms with Crippen molar-refractivity contribution in [3.63, 3.8) is 0 Å². The zero-order valence-electron chi connectivity index (χ0n) is 16.8. The predicted octanol–water partition coefficient (Wildman–Crippen LogP) is 4.25. The fourth-order valence-electron chi connectivity index (χ4n) is 2.78. The summed E-state index contributed by atoms with van der Waals surface area (Å²) in [6.07, 6.45) is 1.10. The van der Waals surface area contributed by atoms with Gasteiger partial charge in [0.1, 0.15) is 6.54 Å². The third kappa shape index (κ3) is 5.86. The zero-order valence-corrected chi connectivity index (χ0v) is 19.1. The largest absolute Gasteiger partial charge is 0.278 e. The Hall–Kier alpha value is -3.47. The molecule has 9 nitrogen and oxygen atoms in total. The molecule has 0 saturated heterocycles. The van der Waals surface area contributed by atoms with Crippen molar-refractivity contribution >= 4 is 56.7 Å².